The van der Waals surface area contributed by atoms with Crippen molar-refractivity contribution in [2.45, 2.75) is 31.7 Å². The third-order valence-electron chi connectivity index (χ3n) is 3.29. The summed E-state index contributed by atoms with van der Waals surface area (Å²) in [5.41, 5.74) is -1.59. The molecule has 0 radical (unpaired) electrons. The Kier molecular flexibility index (Phi) is 2.80. The topological polar surface area (TPSA) is 63.7 Å². The maximum absolute atomic E-state index is 12.0. The molecule has 1 atom stereocenters. The highest BCUT2D eigenvalue weighted by Gasteiger charge is 2.61. The second kappa shape index (κ2) is 3.97. The molecule has 0 aromatic rings. The van der Waals surface area contributed by atoms with E-state index in [4.69, 9.17) is 4.74 Å². The molecule has 0 aliphatic carbocycles. The average Bonchev–Trinajstić information content (AvgIpc) is 2.59. The van der Waals surface area contributed by atoms with Crippen LogP contribution in [0.2, 0.25) is 0 Å². The Bertz CT molecular complexity index is 352. The van der Waals surface area contributed by atoms with Crippen LogP contribution in [0.25, 0.3) is 0 Å². The number of piperidine rings is 1. The number of Topliss-reactive ketones (excluding diaryl/α,β-unsaturated/α-hetero) is 2. The second-order valence-corrected chi connectivity index (χ2v) is 4.12. The molecule has 5 nitrogen and oxygen atoms in total. The Morgan fingerprint density at radius 1 is 1.31 bits per heavy atom. The maximum Gasteiger partial charge on any atom is 0.342 e. The molecule has 0 aromatic carbocycles. The number of rotatable bonds is 2. The quantitative estimate of drug-likeness (QED) is 0.486. The van der Waals surface area contributed by atoms with E-state index >= 15 is 0 Å². The van der Waals surface area contributed by atoms with Gasteiger partial charge in [0.1, 0.15) is 0 Å². The summed E-state index contributed by atoms with van der Waals surface area (Å²) in [7, 11) is 0. The average molecular weight is 225 g/mol. The van der Waals surface area contributed by atoms with Crippen LogP contribution in [-0.4, -0.2) is 47.7 Å². The molecule has 2 aliphatic heterocycles. The summed E-state index contributed by atoms with van der Waals surface area (Å²) in [5.74, 6) is -1.27. The fourth-order valence-electron chi connectivity index (χ4n) is 2.58. The van der Waals surface area contributed by atoms with Gasteiger partial charge in [-0.15, -0.1) is 0 Å². The zero-order chi connectivity index (χ0) is 11.8. The van der Waals surface area contributed by atoms with Gasteiger partial charge in [-0.05, 0) is 13.3 Å². The Balaban J connectivity index is 2.39. The van der Waals surface area contributed by atoms with Crippen LogP contribution in [0.5, 0.6) is 0 Å². The number of hydrogen-bond donors (Lipinski definition) is 0. The third-order valence-corrected chi connectivity index (χ3v) is 3.29. The molecular weight excluding hydrogens is 210 g/mol. The lowest BCUT2D eigenvalue weighted by atomic mass is 9.84. The van der Waals surface area contributed by atoms with E-state index in [2.05, 4.69) is 0 Å². The first kappa shape index (κ1) is 11.3. The van der Waals surface area contributed by atoms with Crippen molar-refractivity contribution in [1.82, 2.24) is 4.90 Å². The van der Waals surface area contributed by atoms with Crippen LogP contribution in [0.15, 0.2) is 0 Å². The van der Waals surface area contributed by atoms with Crippen LogP contribution in [0.4, 0.5) is 0 Å². The standard InChI is InChI=1S/C11H15NO4/c1-2-16-10(15)11-8(13)4-3-6-12(11)7-5-9(11)14/h2-7H2,1H3. The van der Waals surface area contributed by atoms with Gasteiger partial charge in [0, 0.05) is 25.9 Å². The van der Waals surface area contributed by atoms with Gasteiger partial charge in [-0.3, -0.25) is 14.5 Å². The van der Waals surface area contributed by atoms with E-state index in [1.54, 1.807) is 11.8 Å². The number of carbonyl (C=O) groups excluding carboxylic acids is 3. The molecule has 0 amide bonds. The minimum Gasteiger partial charge on any atom is -0.464 e. The molecule has 2 rings (SSSR count). The number of esters is 1. The van der Waals surface area contributed by atoms with Crippen molar-refractivity contribution in [3.63, 3.8) is 0 Å². The summed E-state index contributed by atoms with van der Waals surface area (Å²) in [6, 6.07) is 0. The summed E-state index contributed by atoms with van der Waals surface area (Å²) < 4.78 is 4.90. The van der Waals surface area contributed by atoms with Crippen LogP contribution in [0.1, 0.15) is 26.2 Å². The third kappa shape index (κ3) is 1.31. The van der Waals surface area contributed by atoms with Crippen LogP contribution in [0.3, 0.4) is 0 Å². The van der Waals surface area contributed by atoms with Crippen LogP contribution < -0.4 is 0 Å². The Morgan fingerprint density at radius 2 is 2.00 bits per heavy atom. The summed E-state index contributed by atoms with van der Waals surface area (Å²) in [4.78, 5) is 37.5. The van der Waals surface area contributed by atoms with Gasteiger partial charge < -0.3 is 4.74 Å². The first-order valence-electron chi connectivity index (χ1n) is 5.63. The Morgan fingerprint density at radius 3 is 2.69 bits per heavy atom. The van der Waals surface area contributed by atoms with E-state index in [1.165, 1.54) is 0 Å². The van der Waals surface area contributed by atoms with Crippen LogP contribution in [-0.2, 0) is 19.1 Å². The van der Waals surface area contributed by atoms with Crippen molar-refractivity contribution >= 4 is 17.5 Å². The van der Waals surface area contributed by atoms with Crippen molar-refractivity contribution < 1.29 is 19.1 Å². The zero-order valence-corrected chi connectivity index (χ0v) is 9.32. The Labute approximate surface area is 93.7 Å². The molecule has 0 N–H and O–H groups in total. The molecule has 16 heavy (non-hydrogen) atoms. The van der Waals surface area contributed by atoms with Gasteiger partial charge in [0.05, 0.1) is 6.61 Å². The molecule has 0 spiro atoms. The molecule has 88 valence electrons. The summed E-state index contributed by atoms with van der Waals surface area (Å²) in [5, 5.41) is 0. The molecular formula is C11H15NO4. The number of carbonyl (C=O) groups is 3. The van der Waals surface area contributed by atoms with Gasteiger partial charge in [0.25, 0.3) is 0 Å². The number of ether oxygens (including phenoxy) is 1. The van der Waals surface area contributed by atoms with E-state index < -0.39 is 11.5 Å². The zero-order valence-electron chi connectivity index (χ0n) is 9.32. The SMILES string of the molecule is CCOC(=O)C12C(=O)CCCN1CCC2=O. The molecule has 0 aromatic heterocycles. The molecule has 0 saturated carbocycles. The normalized spacial score (nSPS) is 30.3. The van der Waals surface area contributed by atoms with Crippen molar-refractivity contribution in [2.24, 2.45) is 0 Å². The van der Waals surface area contributed by atoms with Gasteiger partial charge in [0.2, 0.25) is 5.54 Å². The molecule has 2 saturated heterocycles. The van der Waals surface area contributed by atoms with Gasteiger partial charge >= 0.3 is 5.97 Å². The molecule has 5 heteroatoms. The van der Waals surface area contributed by atoms with Crippen molar-refractivity contribution in [1.29, 1.82) is 0 Å². The lowest BCUT2D eigenvalue weighted by Gasteiger charge is -2.36. The molecule has 2 fully saturated rings. The lowest BCUT2D eigenvalue weighted by molar-refractivity contribution is -0.165. The molecule has 2 heterocycles. The Hall–Kier alpha value is -1.23. The predicted molar refractivity (Wildman–Crippen MR) is 54.8 cm³/mol. The highest BCUT2D eigenvalue weighted by molar-refractivity contribution is 6.28. The highest BCUT2D eigenvalue weighted by atomic mass is 16.5. The van der Waals surface area contributed by atoms with E-state index in [-0.39, 0.29) is 24.6 Å². The fourth-order valence-corrected chi connectivity index (χ4v) is 2.58. The largest absolute Gasteiger partial charge is 0.464 e. The van der Waals surface area contributed by atoms with Crippen LogP contribution >= 0.6 is 0 Å². The minimum atomic E-state index is -1.59. The smallest absolute Gasteiger partial charge is 0.342 e. The predicted octanol–water partition coefficient (Wildman–Crippen LogP) is -0.0740. The van der Waals surface area contributed by atoms with Crippen LogP contribution in [0, 0.1) is 0 Å². The first-order valence-corrected chi connectivity index (χ1v) is 5.63. The van der Waals surface area contributed by atoms with E-state index in [0.717, 1.165) is 0 Å². The van der Waals surface area contributed by atoms with E-state index in [9.17, 15) is 14.4 Å². The van der Waals surface area contributed by atoms with Crippen molar-refractivity contribution in [3.8, 4) is 0 Å². The van der Waals surface area contributed by atoms with Gasteiger partial charge in [0.15, 0.2) is 11.6 Å². The molecule has 2 aliphatic rings. The van der Waals surface area contributed by atoms with Crippen molar-refractivity contribution in [2.75, 3.05) is 19.7 Å². The lowest BCUT2D eigenvalue weighted by Crippen LogP contribution is -2.63. The number of nitrogens with zero attached hydrogens (tertiary/aromatic N) is 1. The minimum absolute atomic E-state index is 0.189. The first-order chi connectivity index (χ1) is 7.64. The summed E-state index contributed by atoms with van der Waals surface area (Å²) in [6.07, 6.45) is 1.28. The molecule has 0 bridgehead atoms. The van der Waals surface area contributed by atoms with Gasteiger partial charge in [-0.25, -0.2) is 4.79 Å². The number of ketones is 2. The molecule has 1 unspecified atom stereocenters. The van der Waals surface area contributed by atoms with Crippen molar-refractivity contribution in [3.05, 3.63) is 0 Å². The number of fused-ring (bicyclic) bond motifs is 1. The van der Waals surface area contributed by atoms with Gasteiger partial charge in [-0.2, -0.15) is 0 Å². The second-order valence-electron chi connectivity index (χ2n) is 4.12. The van der Waals surface area contributed by atoms with E-state index in [1.807, 2.05) is 0 Å². The monoisotopic (exact) mass is 225 g/mol. The number of hydrogen-bond acceptors (Lipinski definition) is 5. The fraction of sp³-hybridized carbons (Fsp3) is 0.727. The highest BCUT2D eigenvalue weighted by Crippen LogP contribution is 2.33. The van der Waals surface area contributed by atoms with E-state index in [0.29, 0.717) is 25.9 Å². The maximum atomic E-state index is 12.0. The summed E-state index contributed by atoms with van der Waals surface area (Å²) >= 11 is 0. The van der Waals surface area contributed by atoms with Gasteiger partial charge in [-0.1, -0.05) is 0 Å². The summed E-state index contributed by atoms with van der Waals surface area (Å²) in [6.45, 7) is 2.97.